The third kappa shape index (κ3) is 4.16. The Hall–Kier alpha value is -2.22. The lowest BCUT2D eigenvalue weighted by atomic mass is 10.2. The van der Waals surface area contributed by atoms with Crippen LogP contribution in [-0.4, -0.2) is 69.6 Å². The summed E-state index contributed by atoms with van der Waals surface area (Å²) in [7, 11) is 5.79. The topological polar surface area (TPSA) is 75.0 Å². The first-order valence-corrected chi connectivity index (χ1v) is 7.94. The maximum absolute atomic E-state index is 4.52. The molecule has 0 amide bonds. The van der Waals surface area contributed by atoms with Gasteiger partial charge in [0.15, 0.2) is 0 Å². The van der Waals surface area contributed by atoms with E-state index >= 15 is 0 Å². The zero-order valence-corrected chi connectivity index (χ0v) is 14.0. The van der Waals surface area contributed by atoms with Crippen LogP contribution < -0.4 is 10.2 Å². The molecule has 1 saturated heterocycles. The maximum atomic E-state index is 4.52. The van der Waals surface area contributed by atoms with Crippen molar-refractivity contribution in [2.24, 2.45) is 7.05 Å². The molecule has 1 fully saturated rings. The molecule has 2 aromatic rings. The molecule has 8 nitrogen and oxygen atoms in total. The van der Waals surface area contributed by atoms with Crippen LogP contribution >= 0.6 is 0 Å². The van der Waals surface area contributed by atoms with E-state index < -0.39 is 0 Å². The van der Waals surface area contributed by atoms with Crippen LogP contribution in [0.4, 0.5) is 11.8 Å². The van der Waals surface area contributed by atoms with Crippen LogP contribution in [0.2, 0.25) is 0 Å². The Bertz CT molecular complexity index is 638. The van der Waals surface area contributed by atoms with E-state index in [2.05, 4.69) is 30.5 Å². The number of hydrogen-bond acceptors (Lipinski definition) is 7. The molecule has 3 rings (SSSR count). The molecule has 0 bridgehead atoms. The van der Waals surface area contributed by atoms with Crippen LogP contribution in [0, 0.1) is 0 Å². The van der Waals surface area contributed by atoms with E-state index in [1.165, 1.54) is 0 Å². The van der Waals surface area contributed by atoms with Crippen LogP contribution in [0.1, 0.15) is 12.1 Å². The number of nitrogens with zero attached hydrogens (tertiary/aromatic N) is 7. The van der Waals surface area contributed by atoms with Gasteiger partial charge in [0.1, 0.15) is 5.82 Å². The van der Waals surface area contributed by atoms with E-state index in [0.29, 0.717) is 6.04 Å². The molecular weight excluding hydrogens is 292 g/mol. The molecule has 23 heavy (non-hydrogen) atoms. The Kier molecular flexibility index (Phi) is 4.71. The normalized spacial score (nSPS) is 18.3. The average Bonchev–Trinajstić information content (AvgIpc) is 3.14. The summed E-state index contributed by atoms with van der Waals surface area (Å²) in [5.74, 6) is 1.62. The summed E-state index contributed by atoms with van der Waals surface area (Å²) in [6.45, 7) is 3.15. The third-order valence-electron chi connectivity index (χ3n) is 4.00. The molecule has 124 valence electrons. The van der Waals surface area contributed by atoms with Gasteiger partial charge in [-0.15, -0.1) is 5.10 Å². The second-order valence-corrected chi connectivity index (χ2v) is 6.20. The fourth-order valence-electron chi connectivity index (χ4n) is 2.79. The predicted molar refractivity (Wildman–Crippen MR) is 89.5 cm³/mol. The van der Waals surface area contributed by atoms with E-state index in [1.54, 1.807) is 10.9 Å². The molecular formula is C15H24N8. The largest absolute Gasteiger partial charge is 0.366 e. The van der Waals surface area contributed by atoms with Crippen LogP contribution in [0.15, 0.2) is 18.5 Å². The standard InChI is InChI=1S/C15H24N8/c1-21(2)15-16-7-4-14(18-15)17-12-5-8-23(11-12)9-6-13-10-22(3)20-19-13/h4,7,10,12H,5-6,8-9,11H2,1-3H3,(H,16,17,18). The second-order valence-electron chi connectivity index (χ2n) is 6.20. The van der Waals surface area contributed by atoms with Gasteiger partial charge < -0.3 is 15.1 Å². The Morgan fingerprint density at radius 1 is 1.39 bits per heavy atom. The number of aryl methyl sites for hydroxylation is 1. The van der Waals surface area contributed by atoms with Gasteiger partial charge in [-0.1, -0.05) is 5.21 Å². The second kappa shape index (κ2) is 6.91. The Balaban J connectivity index is 1.48. The number of likely N-dealkylation sites (tertiary alicyclic amines) is 1. The minimum Gasteiger partial charge on any atom is -0.366 e. The highest BCUT2D eigenvalue weighted by atomic mass is 15.4. The molecule has 3 heterocycles. The molecule has 1 aliphatic rings. The first-order valence-electron chi connectivity index (χ1n) is 7.94. The number of rotatable bonds is 6. The molecule has 1 N–H and O–H groups in total. The summed E-state index contributed by atoms with van der Waals surface area (Å²) >= 11 is 0. The minimum atomic E-state index is 0.432. The number of hydrogen-bond donors (Lipinski definition) is 1. The highest BCUT2D eigenvalue weighted by Gasteiger charge is 2.22. The smallest absolute Gasteiger partial charge is 0.226 e. The van der Waals surface area contributed by atoms with E-state index in [9.17, 15) is 0 Å². The average molecular weight is 316 g/mol. The first kappa shape index (κ1) is 15.7. The van der Waals surface area contributed by atoms with Gasteiger partial charge in [0.2, 0.25) is 5.95 Å². The molecule has 1 atom stereocenters. The lowest BCUT2D eigenvalue weighted by Crippen LogP contribution is -2.28. The fraction of sp³-hybridized carbons (Fsp3) is 0.600. The molecule has 0 saturated carbocycles. The van der Waals surface area contributed by atoms with Gasteiger partial charge in [-0.2, -0.15) is 4.98 Å². The van der Waals surface area contributed by atoms with Crippen molar-refractivity contribution < 1.29 is 0 Å². The summed E-state index contributed by atoms with van der Waals surface area (Å²) in [4.78, 5) is 13.1. The van der Waals surface area contributed by atoms with Crippen molar-refractivity contribution in [2.45, 2.75) is 18.9 Å². The maximum Gasteiger partial charge on any atom is 0.226 e. The molecule has 8 heteroatoms. The number of aromatic nitrogens is 5. The highest BCUT2D eigenvalue weighted by Crippen LogP contribution is 2.16. The molecule has 0 aromatic carbocycles. The van der Waals surface area contributed by atoms with E-state index in [-0.39, 0.29) is 0 Å². The van der Waals surface area contributed by atoms with Crippen molar-refractivity contribution in [1.29, 1.82) is 0 Å². The van der Waals surface area contributed by atoms with Gasteiger partial charge >= 0.3 is 0 Å². The van der Waals surface area contributed by atoms with Crippen molar-refractivity contribution in [3.05, 3.63) is 24.2 Å². The van der Waals surface area contributed by atoms with Crippen LogP contribution in [0.3, 0.4) is 0 Å². The van der Waals surface area contributed by atoms with Gasteiger partial charge in [0.05, 0.1) is 5.69 Å². The molecule has 1 aliphatic heterocycles. The van der Waals surface area contributed by atoms with Crippen molar-refractivity contribution in [2.75, 3.05) is 43.9 Å². The van der Waals surface area contributed by atoms with Crippen molar-refractivity contribution in [3.8, 4) is 0 Å². The van der Waals surface area contributed by atoms with E-state index in [0.717, 1.165) is 49.9 Å². The molecule has 1 unspecified atom stereocenters. The van der Waals surface area contributed by atoms with Gasteiger partial charge in [-0.05, 0) is 12.5 Å². The van der Waals surface area contributed by atoms with Crippen LogP contribution in [0.25, 0.3) is 0 Å². The van der Waals surface area contributed by atoms with Crippen molar-refractivity contribution in [1.82, 2.24) is 29.9 Å². The van der Waals surface area contributed by atoms with E-state index in [4.69, 9.17) is 0 Å². The quantitative estimate of drug-likeness (QED) is 0.827. The molecule has 0 radical (unpaired) electrons. The zero-order valence-electron chi connectivity index (χ0n) is 14.0. The van der Waals surface area contributed by atoms with Gasteiger partial charge in [0, 0.05) is 65.6 Å². The number of anilines is 2. The Labute approximate surface area is 136 Å². The van der Waals surface area contributed by atoms with Gasteiger partial charge in [-0.3, -0.25) is 4.68 Å². The Morgan fingerprint density at radius 3 is 3.00 bits per heavy atom. The summed E-state index contributed by atoms with van der Waals surface area (Å²) in [6.07, 6.45) is 5.85. The molecule has 2 aromatic heterocycles. The summed E-state index contributed by atoms with van der Waals surface area (Å²) in [5.41, 5.74) is 1.05. The molecule has 0 aliphatic carbocycles. The lowest BCUT2D eigenvalue weighted by molar-refractivity contribution is 0.339. The van der Waals surface area contributed by atoms with E-state index in [1.807, 2.05) is 38.3 Å². The summed E-state index contributed by atoms with van der Waals surface area (Å²) in [5, 5.41) is 11.6. The first-order chi connectivity index (χ1) is 11.1. The van der Waals surface area contributed by atoms with Crippen molar-refractivity contribution in [3.63, 3.8) is 0 Å². The Morgan fingerprint density at radius 2 is 2.26 bits per heavy atom. The number of nitrogens with one attached hydrogen (secondary N) is 1. The van der Waals surface area contributed by atoms with Crippen LogP contribution in [-0.2, 0) is 13.5 Å². The highest BCUT2D eigenvalue weighted by molar-refractivity contribution is 5.41. The lowest BCUT2D eigenvalue weighted by Gasteiger charge is -2.17. The summed E-state index contributed by atoms with van der Waals surface area (Å²) < 4.78 is 1.75. The predicted octanol–water partition coefficient (Wildman–Crippen LogP) is 0.400. The fourth-order valence-corrected chi connectivity index (χ4v) is 2.79. The van der Waals surface area contributed by atoms with Gasteiger partial charge in [-0.25, -0.2) is 4.98 Å². The molecule has 0 spiro atoms. The summed E-state index contributed by atoms with van der Waals surface area (Å²) in [6, 6.07) is 2.36. The monoisotopic (exact) mass is 316 g/mol. The zero-order chi connectivity index (χ0) is 16.2. The SMILES string of the molecule is CN(C)c1nccc(NC2CCN(CCc3cn(C)nn3)C2)n1. The van der Waals surface area contributed by atoms with Crippen molar-refractivity contribution >= 4 is 11.8 Å². The minimum absolute atomic E-state index is 0.432. The van der Waals surface area contributed by atoms with Gasteiger partial charge in [0.25, 0.3) is 0 Å². The third-order valence-corrected chi connectivity index (χ3v) is 4.00. The van der Waals surface area contributed by atoms with Crippen LogP contribution in [0.5, 0.6) is 0 Å².